The quantitative estimate of drug-likeness (QED) is 0.309. The maximum absolute atomic E-state index is 10.2. The molecule has 0 unspecified atom stereocenters. The summed E-state index contributed by atoms with van der Waals surface area (Å²) in [5, 5.41) is 14.2. The number of hydrogen-bond acceptors (Lipinski definition) is 3. The molecule has 0 aliphatic rings. The van der Waals surface area contributed by atoms with Gasteiger partial charge in [0, 0.05) is 23.6 Å². The molecule has 0 bridgehead atoms. The zero-order valence-corrected chi connectivity index (χ0v) is 14.9. The number of phenolic OH excluding ortho intramolecular Hbond substituents is 1. The molecule has 0 fully saturated rings. The largest absolute Gasteiger partial charge is 1.00 e. The number of rotatable bonds is 2. The Bertz CT molecular complexity index is 1060. The fourth-order valence-electron chi connectivity index (χ4n) is 2.97. The van der Waals surface area contributed by atoms with Crippen LogP contribution in [0.1, 0.15) is 0 Å². The van der Waals surface area contributed by atoms with Gasteiger partial charge in [0.1, 0.15) is 17.2 Å². The van der Waals surface area contributed by atoms with Crippen molar-refractivity contribution in [2.75, 3.05) is 14.2 Å². The van der Waals surface area contributed by atoms with Gasteiger partial charge in [-0.25, -0.2) is 0 Å². The molecule has 0 radical (unpaired) electrons. The lowest BCUT2D eigenvalue weighted by atomic mass is 10.1. The van der Waals surface area contributed by atoms with Crippen LogP contribution in [-0.4, -0.2) is 19.3 Å². The van der Waals surface area contributed by atoms with Crippen molar-refractivity contribution in [3.63, 3.8) is 0 Å². The SMILES string of the molecule is COc1cc(O)c2c[n+]3ccc4ccc(OC)cc4c3cc2c1.[Br-]. The van der Waals surface area contributed by atoms with Crippen molar-refractivity contribution in [2.24, 2.45) is 0 Å². The molecule has 0 aliphatic carbocycles. The number of hydrogen-bond donors (Lipinski definition) is 1. The standard InChI is InChI=1S/C19H15NO3.BrH/c1-22-14-4-3-12-5-6-20-11-17-13(8-18(20)16(12)9-14)7-15(23-2)10-19(17)21;/h3-11H,1-2H3;1H. The van der Waals surface area contributed by atoms with E-state index in [9.17, 15) is 5.11 Å². The number of aromatic hydroxyl groups is 1. The first-order valence-electron chi connectivity index (χ1n) is 7.32. The normalized spacial score (nSPS) is 10.8. The van der Waals surface area contributed by atoms with Crippen molar-refractivity contribution in [2.45, 2.75) is 0 Å². The van der Waals surface area contributed by atoms with Crippen LogP contribution >= 0.6 is 0 Å². The van der Waals surface area contributed by atoms with Crippen LogP contribution in [0.5, 0.6) is 17.2 Å². The summed E-state index contributed by atoms with van der Waals surface area (Å²) in [7, 11) is 3.26. The van der Waals surface area contributed by atoms with E-state index in [-0.39, 0.29) is 22.7 Å². The highest BCUT2D eigenvalue weighted by Gasteiger charge is 2.14. The minimum atomic E-state index is 0. The van der Waals surface area contributed by atoms with Crippen molar-refractivity contribution in [1.29, 1.82) is 0 Å². The first-order valence-corrected chi connectivity index (χ1v) is 7.32. The van der Waals surface area contributed by atoms with Gasteiger partial charge in [-0.05, 0) is 23.6 Å². The van der Waals surface area contributed by atoms with Gasteiger partial charge in [-0.15, -0.1) is 0 Å². The molecule has 4 rings (SSSR count). The Kier molecular flexibility index (Phi) is 4.20. The summed E-state index contributed by atoms with van der Waals surface area (Å²) in [4.78, 5) is 0. The van der Waals surface area contributed by atoms with Crippen molar-refractivity contribution in [3.8, 4) is 17.2 Å². The van der Waals surface area contributed by atoms with Gasteiger partial charge < -0.3 is 31.6 Å². The molecule has 2 aromatic heterocycles. The van der Waals surface area contributed by atoms with Gasteiger partial charge >= 0.3 is 0 Å². The Morgan fingerprint density at radius 1 is 0.833 bits per heavy atom. The maximum Gasteiger partial charge on any atom is 0.219 e. The van der Waals surface area contributed by atoms with E-state index in [1.54, 1.807) is 20.3 Å². The van der Waals surface area contributed by atoms with E-state index in [1.165, 1.54) is 0 Å². The number of nitrogens with zero attached hydrogens (tertiary/aromatic N) is 1. The van der Waals surface area contributed by atoms with Crippen molar-refractivity contribution >= 4 is 27.1 Å². The van der Waals surface area contributed by atoms with Crippen LogP contribution in [-0.2, 0) is 0 Å². The zero-order chi connectivity index (χ0) is 16.0. The predicted octanol–water partition coefficient (Wildman–Crippen LogP) is 0.458. The lowest BCUT2D eigenvalue weighted by molar-refractivity contribution is -0.509. The van der Waals surface area contributed by atoms with Crippen LogP contribution in [0.15, 0.2) is 54.9 Å². The predicted molar refractivity (Wildman–Crippen MR) is 89.4 cm³/mol. The molecular weight excluding hydrogens is 370 g/mol. The van der Waals surface area contributed by atoms with E-state index in [4.69, 9.17) is 9.47 Å². The number of fused-ring (bicyclic) bond motifs is 4. The van der Waals surface area contributed by atoms with Gasteiger partial charge in [0.25, 0.3) is 0 Å². The topological polar surface area (TPSA) is 42.8 Å². The average molecular weight is 386 g/mol. The van der Waals surface area contributed by atoms with E-state index in [0.29, 0.717) is 5.75 Å². The van der Waals surface area contributed by atoms with Crippen LogP contribution in [0.25, 0.3) is 27.1 Å². The number of phenols is 1. The highest BCUT2D eigenvalue weighted by Crippen LogP contribution is 2.31. The highest BCUT2D eigenvalue weighted by molar-refractivity contribution is 5.99. The van der Waals surface area contributed by atoms with E-state index in [0.717, 1.165) is 32.8 Å². The molecule has 5 heteroatoms. The maximum atomic E-state index is 10.2. The van der Waals surface area contributed by atoms with E-state index in [2.05, 4.69) is 6.07 Å². The smallest absolute Gasteiger partial charge is 0.219 e. The average Bonchev–Trinajstić information content (AvgIpc) is 2.59. The second-order valence-electron chi connectivity index (χ2n) is 5.48. The number of halogens is 1. The fourth-order valence-corrected chi connectivity index (χ4v) is 2.97. The first kappa shape index (κ1) is 16.3. The molecule has 2 aromatic carbocycles. The molecule has 0 saturated carbocycles. The van der Waals surface area contributed by atoms with Crippen LogP contribution < -0.4 is 30.9 Å². The number of benzene rings is 2. The summed E-state index contributed by atoms with van der Waals surface area (Å²) in [5.74, 6) is 1.66. The number of pyridine rings is 2. The molecule has 2 heterocycles. The Labute approximate surface area is 149 Å². The third kappa shape index (κ3) is 2.51. The Hall–Kier alpha value is -2.53. The fraction of sp³-hybridized carbons (Fsp3) is 0.105. The Morgan fingerprint density at radius 3 is 2.38 bits per heavy atom. The highest BCUT2D eigenvalue weighted by atomic mass is 79.9. The van der Waals surface area contributed by atoms with Gasteiger partial charge in [0.15, 0.2) is 12.4 Å². The summed E-state index contributed by atoms with van der Waals surface area (Å²) in [6, 6.07) is 13.7. The van der Waals surface area contributed by atoms with Crippen LogP contribution in [0.2, 0.25) is 0 Å². The van der Waals surface area contributed by atoms with Gasteiger partial charge in [0.2, 0.25) is 5.52 Å². The summed E-state index contributed by atoms with van der Waals surface area (Å²) >= 11 is 0. The second kappa shape index (κ2) is 6.17. The van der Waals surface area contributed by atoms with Crippen LogP contribution in [0.4, 0.5) is 0 Å². The second-order valence-corrected chi connectivity index (χ2v) is 5.48. The van der Waals surface area contributed by atoms with Crippen LogP contribution in [0, 0.1) is 0 Å². The molecule has 0 spiro atoms. The minimum absolute atomic E-state index is 0. The number of methoxy groups -OCH3 is 2. The molecule has 122 valence electrons. The molecule has 0 saturated heterocycles. The Morgan fingerprint density at radius 2 is 1.62 bits per heavy atom. The summed E-state index contributed by atoms with van der Waals surface area (Å²) in [5.41, 5.74) is 1.04. The molecule has 0 atom stereocenters. The first-order chi connectivity index (χ1) is 11.2. The van der Waals surface area contributed by atoms with Gasteiger partial charge in [-0.3, -0.25) is 0 Å². The summed E-state index contributed by atoms with van der Waals surface area (Å²) < 4.78 is 12.6. The third-order valence-corrected chi connectivity index (χ3v) is 4.19. The molecule has 0 amide bonds. The lowest BCUT2D eigenvalue weighted by Crippen LogP contribution is -3.00. The molecule has 24 heavy (non-hydrogen) atoms. The van der Waals surface area contributed by atoms with Crippen molar-refractivity contribution in [3.05, 3.63) is 54.9 Å². The monoisotopic (exact) mass is 385 g/mol. The van der Waals surface area contributed by atoms with Gasteiger partial charge in [-0.2, -0.15) is 4.40 Å². The molecule has 4 aromatic rings. The third-order valence-electron chi connectivity index (χ3n) is 4.19. The van der Waals surface area contributed by atoms with E-state index >= 15 is 0 Å². The molecule has 1 N–H and O–H groups in total. The molecule has 0 aliphatic heterocycles. The molecular formula is C19H16BrNO3. The number of ether oxygens (including phenoxy) is 2. The van der Waals surface area contributed by atoms with Gasteiger partial charge in [0.05, 0.1) is 25.0 Å². The van der Waals surface area contributed by atoms with E-state index in [1.807, 2.05) is 47.1 Å². The Balaban J connectivity index is 0.00000169. The zero-order valence-electron chi connectivity index (χ0n) is 13.3. The van der Waals surface area contributed by atoms with Crippen LogP contribution in [0.3, 0.4) is 0 Å². The van der Waals surface area contributed by atoms with Gasteiger partial charge in [-0.1, -0.05) is 6.07 Å². The summed E-state index contributed by atoms with van der Waals surface area (Å²) in [6.45, 7) is 0. The molecule has 4 nitrogen and oxygen atoms in total. The van der Waals surface area contributed by atoms with Crippen molar-refractivity contribution < 1.29 is 36.0 Å². The number of aromatic nitrogens is 1. The lowest BCUT2D eigenvalue weighted by Gasteiger charge is -2.06. The van der Waals surface area contributed by atoms with Crippen molar-refractivity contribution in [1.82, 2.24) is 0 Å². The minimum Gasteiger partial charge on any atom is -1.00 e. The van der Waals surface area contributed by atoms with E-state index < -0.39 is 0 Å². The summed E-state index contributed by atoms with van der Waals surface area (Å²) in [6.07, 6.45) is 3.92.